The van der Waals surface area contributed by atoms with E-state index in [0.29, 0.717) is 45.1 Å². The molecule has 0 fully saturated rings. The molecule has 3 N–H and O–H groups in total. The van der Waals surface area contributed by atoms with Crippen LogP contribution in [0.25, 0.3) is 28.0 Å². The normalized spacial score (nSPS) is 11.4. The summed E-state index contributed by atoms with van der Waals surface area (Å²) < 4.78 is 1.61. The van der Waals surface area contributed by atoms with Crippen LogP contribution in [0.15, 0.2) is 48.5 Å². The summed E-state index contributed by atoms with van der Waals surface area (Å²) in [5.74, 6) is 0.934. The minimum atomic E-state index is 0.425. The Morgan fingerprint density at radius 2 is 1.80 bits per heavy atom. The first-order valence-electron chi connectivity index (χ1n) is 9.39. The summed E-state index contributed by atoms with van der Waals surface area (Å²) in [6, 6.07) is 15.1. The van der Waals surface area contributed by atoms with Crippen LogP contribution in [0.4, 0.5) is 11.8 Å². The van der Waals surface area contributed by atoms with E-state index in [-0.39, 0.29) is 0 Å². The molecule has 0 bridgehead atoms. The predicted molar refractivity (Wildman–Crippen MR) is 124 cm³/mol. The van der Waals surface area contributed by atoms with E-state index in [0.717, 1.165) is 17.8 Å². The van der Waals surface area contributed by atoms with Gasteiger partial charge in [-0.3, -0.25) is 0 Å². The zero-order valence-corrected chi connectivity index (χ0v) is 18.1. The highest BCUT2D eigenvalue weighted by molar-refractivity contribution is 6.42. The standard InChI is InChI=1S/C21H21Cl2N7/c1-29(2)11-10-25-21-26-18(13-6-4-3-5-7-13)17-19(24)30(28-20(17)27-21)14-8-9-15(22)16(23)12-14/h3-9,12H,10-11,24H2,1-2H3,(H,25,27,28). The van der Waals surface area contributed by atoms with Gasteiger partial charge in [0.05, 0.1) is 26.8 Å². The molecule has 9 heteroatoms. The van der Waals surface area contributed by atoms with Gasteiger partial charge in [0.15, 0.2) is 5.65 Å². The lowest BCUT2D eigenvalue weighted by molar-refractivity contribution is 0.425. The van der Waals surface area contributed by atoms with Gasteiger partial charge in [-0.1, -0.05) is 53.5 Å². The largest absolute Gasteiger partial charge is 0.383 e. The van der Waals surface area contributed by atoms with Gasteiger partial charge in [0.25, 0.3) is 0 Å². The molecular formula is C21H21Cl2N7. The zero-order valence-electron chi connectivity index (χ0n) is 16.6. The fraction of sp³-hybridized carbons (Fsp3) is 0.190. The minimum absolute atomic E-state index is 0.425. The Bertz CT molecular complexity index is 1190. The van der Waals surface area contributed by atoms with Gasteiger partial charge >= 0.3 is 0 Å². The highest BCUT2D eigenvalue weighted by Crippen LogP contribution is 2.33. The number of hydrogen-bond donors (Lipinski definition) is 2. The van der Waals surface area contributed by atoms with Gasteiger partial charge in [0.1, 0.15) is 5.82 Å². The number of fused-ring (bicyclic) bond motifs is 1. The molecule has 0 unspecified atom stereocenters. The molecule has 2 heterocycles. The average Bonchev–Trinajstić information content (AvgIpc) is 3.06. The number of nitrogens with zero attached hydrogens (tertiary/aromatic N) is 5. The second-order valence-corrected chi connectivity index (χ2v) is 7.90. The molecule has 4 aromatic rings. The molecule has 4 rings (SSSR count). The Balaban J connectivity index is 1.87. The van der Waals surface area contributed by atoms with Gasteiger partial charge in [-0.2, -0.15) is 4.98 Å². The molecule has 154 valence electrons. The Labute approximate surface area is 184 Å². The SMILES string of the molecule is CN(C)CCNc1nc(-c2ccccc2)c2c(N)n(-c3ccc(Cl)c(Cl)c3)nc2n1. The molecule has 0 aliphatic heterocycles. The third-order valence-corrected chi connectivity index (χ3v) is 5.35. The first-order valence-corrected chi connectivity index (χ1v) is 10.2. The Hall–Kier alpha value is -2.87. The van der Waals surface area contributed by atoms with Crippen LogP contribution in [0.5, 0.6) is 0 Å². The highest BCUT2D eigenvalue weighted by Gasteiger charge is 2.19. The summed E-state index contributed by atoms with van der Waals surface area (Å²) in [5, 5.41) is 9.48. The van der Waals surface area contributed by atoms with Gasteiger partial charge in [-0.15, -0.1) is 5.10 Å². The summed E-state index contributed by atoms with van der Waals surface area (Å²) in [5.41, 5.74) is 9.35. The number of nitrogens with two attached hydrogens (primary N) is 1. The van der Waals surface area contributed by atoms with E-state index in [1.807, 2.05) is 50.5 Å². The van der Waals surface area contributed by atoms with Crippen molar-refractivity contribution in [2.45, 2.75) is 0 Å². The van der Waals surface area contributed by atoms with Crippen LogP contribution in [-0.2, 0) is 0 Å². The molecule has 2 aromatic heterocycles. The van der Waals surface area contributed by atoms with E-state index in [4.69, 9.17) is 33.9 Å². The molecule has 0 radical (unpaired) electrons. The third kappa shape index (κ3) is 4.05. The van der Waals surface area contributed by atoms with Gasteiger partial charge in [0.2, 0.25) is 5.95 Å². The number of halogens is 2. The molecule has 7 nitrogen and oxygen atoms in total. The highest BCUT2D eigenvalue weighted by atomic mass is 35.5. The molecular weight excluding hydrogens is 421 g/mol. The van der Waals surface area contributed by atoms with Crippen molar-refractivity contribution >= 4 is 46.0 Å². The summed E-state index contributed by atoms with van der Waals surface area (Å²) in [7, 11) is 4.03. The molecule has 0 aliphatic rings. The molecule has 0 aliphatic carbocycles. The van der Waals surface area contributed by atoms with Crippen molar-refractivity contribution in [3.8, 4) is 16.9 Å². The van der Waals surface area contributed by atoms with Crippen LogP contribution < -0.4 is 11.1 Å². The van der Waals surface area contributed by atoms with E-state index in [2.05, 4.69) is 20.3 Å². The van der Waals surface area contributed by atoms with Gasteiger partial charge in [-0.25, -0.2) is 9.67 Å². The predicted octanol–water partition coefficient (Wildman–Crippen LogP) is 4.35. The van der Waals surface area contributed by atoms with Crippen molar-refractivity contribution in [3.05, 3.63) is 58.6 Å². The lowest BCUT2D eigenvalue weighted by Crippen LogP contribution is -2.21. The van der Waals surface area contributed by atoms with Crippen molar-refractivity contribution in [2.24, 2.45) is 0 Å². The third-order valence-electron chi connectivity index (χ3n) is 4.61. The maximum absolute atomic E-state index is 6.50. The molecule has 0 saturated heterocycles. The fourth-order valence-electron chi connectivity index (χ4n) is 3.10. The van der Waals surface area contributed by atoms with E-state index in [9.17, 15) is 0 Å². The second kappa shape index (κ2) is 8.47. The smallest absolute Gasteiger partial charge is 0.225 e. The molecule has 30 heavy (non-hydrogen) atoms. The maximum atomic E-state index is 6.50. The van der Waals surface area contributed by atoms with Crippen molar-refractivity contribution in [1.82, 2.24) is 24.6 Å². The number of likely N-dealkylation sites (N-methyl/N-ethyl adjacent to an activating group) is 1. The molecule has 0 saturated carbocycles. The average molecular weight is 442 g/mol. The number of hydrogen-bond acceptors (Lipinski definition) is 6. The van der Waals surface area contributed by atoms with Crippen LogP contribution in [0.1, 0.15) is 0 Å². The Morgan fingerprint density at radius 1 is 1.03 bits per heavy atom. The fourth-order valence-corrected chi connectivity index (χ4v) is 3.39. The number of nitrogens with one attached hydrogen (secondary N) is 1. The quantitative estimate of drug-likeness (QED) is 0.462. The number of rotatable bonds is 6. The summed E-state index contributed by atoms with van der Waals surface area (Å²) >= 11 is 12.3. The summed E-state index contributed by atoms with van der Waals surface area (Å²) in [6.07, 6.45) is 0. The van der Waals surface area contributed by atoms with Crippen molar-refractivity contribution in [1.29, 1.82) is 0 Å². The first kappa shape index (κ1) is 20.4. The molecule has 0 amide bonds. The molecule has 2 aromatic carbocycles. The lowest BCUT2D eigenvalue weighted by Gasteiger charge is -2.11. The molecule has 0 spiro atoms. The maximum Gasteiger partial charge on any atom is 0.225 e. The van der Waals surface area contributed by atoms with Gasteiger partial charge in [0, 0.05) is 18.7 Å². The number of benzene rings is 2. The van der Waals surface area contributed by atoms with Crippen molar-refractivity contribution < 1.29 is 0 Å². The first-order chi connectivity index (χ1) is 14.4. The van der Waals surface area contributed by atoms with E-state index in [1.54, 1.807) is 16.8 Å². The number of aromatic nitrogens is 4. The van der Waals surface area contributed by atoms with Crippen molar-refractivity contribution in [2.75, 3.05) is 38.2 Å². The molecule has 0 atom stereocenters. The Kier molecular flexibility index (Phi) is 5.76. The van der Waals surface area contributed by atoms with E-state index >= 15 is 0 Å². The monoisotopic (exact) mass is 441 g/mol. The number of nitrogen functional groups attached to an aromatic ring is 1. The van der Waals surface area contributed by atoms with Gasteiger partial charge in [-0.05, 0) is 32.3 Å². The number of anilines is 2. The second-order valence-electron chi connectivity index (χ2n) is 7.09. The van der Waals surface area contributed by atoms with Crippen molar-refractivity contribution in [3.63, 3.8) is 0 Å². The van der Waals surface area contributed by atoms with Crippen LogP contribution in [0.3, 0.4) is 0 Å². The minimum Gasteiger partial charge on any atom is -0.383 e. The van der Waals surface area contributed by atoms with E-state index in [1.165, 1.54) is 0 Å². The van der Waals surface area contributed by atoms with Gasteiger partial charge < -0.3 is 16.0 Å². The Morgan fingerprint density at radius 3 is 2.50 bits per heavy atom. The van der Waals surface area contributed by atoms with Crippen LogP contribution >= 0.6 is 23.2 Å². The zero-order chi connectivity index (χ0) is 21.3. The van der Waals surface area contributed by atoms with Crippen LogP contribution in [-0.4, -0.2) is 51.8 Å². The van der Waals surface area contributed by atoms with E-state index < -0.39 is 0 Å². The van der Waals surface area contributed by atoms with Crippen LogP contribution in [0.2, 0.25) is 10.0 Å². The van der Waals surface area contributed by atoms with Crippen LogP contribution in [0, 0.1) is 0 Å². The summed E-state index contributed by atoms with van der Waals surface area (Å²) in [4.78, 5) is 11.4. The summed E-state index contributed by atoms with van der Waals surface area (Å²) in [6.45, 7) is 1.55. The topological polar surface area (TPSA) is 84.9 Å². The lowest BCUT2D eigenvalue weighted by atomic mass is 10.1.